The Balaban J connectivity index is 1.49. The minimum atomic E-state index is -0.273. The Hall–Kier alpha value is -3.13. The van der Waals surface area contributed by atoms with Crippen molar-refractivity contribution in [2.45, 2.75) is 52.0 Å². The molecule has 8 heteroatoms. The molecular formula is C29H41FN4O3. The van der Waals surface area contributed by atoms with Crippen molar-refractivity contribution in [2.75, 3.05) is 51.7 Å². The fourth-order valence-electron chi connectivity index (χ4n) is 4.52. The normalized spacial score (nSPS) is 13.9. The van der Waals surface area contributed by atoms with Gasteiger partial charge in [0.2, 0.25) is 5.91 Å². The van der Waals surface area contributed by atoms with E-state index in [1.165, 1.54) is 25.0 Å². The molecule has 1 N–H and O–H groups in total. The van der Waals surface area contributed by atoms with Gasteiger partial charge in [-0.3, -0.25) is 9.69 Å². The standard InChI is InChI=1S/C29H41FN4O3/c1-3-4-5-6-7-12-28(35)34(23-24-13-15-25(30)16-14-24)22-19-32-17-20-33(21-18-32)29(36)31-26-10-8-9-11-27(26)37-2/h8-11,13-16H,3-7,12,17-23H2,1-2H3,(H,31,36). The predicted molar refractivity (Wildman–Crippen MR) is 145 cm³/mol. The average molecular weight is 513 g/mol. The molecule has 0 radical (unpaired) electrons. The lowest BCUT2D eigenvalue weighted by molar-refractivity contribution is -0.132. The minimum absolute atomic E-state index is 0.139. The molecule has 202 valence electrons. The number of halogens is 1. The van der Waals surface area contributed by atoms with Crippen molar-refractivity contribution in [1.29, 1.82) is 0 Å². The highest BCUT2D eigenvalue weighted by molar-refractivity contribution is 5.91. The first-order valence-electron chi connectivity index (χ1n) is 13.4. The van der Waals surface area contributed by atoms with Crippen molar-refractivity contribution < 1.29 is 18.7 Å². The zero-order chi connectivity index (χ0) is 26.5. The number of nitrogens with one attached hydrogen (secondary N) is 1. The van der Waals surface area contributed by atoms with Crippen molar-refractivity contribution >= 4 is 17.6 Å². The number of benzene rings is 2. The monoisotopic (exact) mass is 512 g/mol. The van der Waals surface area contributed by atoms with Crippen molar-refractivity contribution in [2.24, 2.45) is 0 Å². The Morgan fingerprint density at radius 3 is 2.38 bits per heavy atom. The quantitative estimate of drug-likeness (QED) is 0.366. The molecule has 0 aromatic heterocycles. The number of carbonyl (C=O) groups is 2. The van der Waals surface area contributed by atoms with Crippen LogP contribution in [0.2, 0.25) is 0 Å². The van der Waals surface area contributed by atoms with Gasteiger partial charge in [0.15, 0.2) is 0 Å². The first-order chi connectivity index (χ1) is 18.0. The number of para-hydroxylation sites is 2. The molecule has 0 unspecified atom stereocenters. The van der Waals surface area contributed by atoms with Gasteiger partial charge in [-0.05, 0) is 36.2 Å². The van der Waals surface area contributed by atoms with Crippen LogP contribution in [-0.4, -0.2) is 73.0 Å². The van der Waals surface area contributed by atoms with E-state index in [4.69, 9.17) is 4.74 Å². The summed E-state index contributed by atoms with van der Waals surface area (Å²) in [5.74, 6) is 0.506. The van der Waals surface area contributed by atoms with Crippen molar-refractivity contribution in [3.05, 3.63) is 59.9 Å². The number of hydrogen-bond acceptors (Lipinski definition) is 4. The maximum absolute atomic E-state index is 13.4. The van der Waals surface area contributed by atoms with Gasteiger partial charge in [-0.15, -0.1) is 0 Å². The number of nitrogens with zero attached hydrogens (tertiary/aromatic N) is 3. The van der Waals surface area contributed by atoms with Crippen LogP contribution in [0, 0.1) is 5.82 Å². The SMILES string of the molecule is CCCCCCCC(=O)N(CCN1CCN(C(=O)Nc2ccccc2OC)CC1)Cc1ccc(F)cc1. The van der Waals surface area contributed by atoms with Gasteiger partial charge < -0.3 is 19.9 Å². The van der Waals surface area contributed by atoms with Crippen LogP contribution in [0.1, 0.15) is 51.0 Å². The van der Waals surface area contributed by atoms with E-state index in [1.807, 2.05) is 29.2 Å². The highest BCUT2D eigenvalue weighted by Gasteiger charge is 2.23. The summed E-state index contributed by atoms with van der Waals surface area (Å²) in [6, 6.07) is 13.6. The molecule has 3 amide bonds. The molecular weight excluding hydrogens is 471 g/mol. The van der Waals surface area contributed by atoms with Gasteiger partial charge in [-0.1, -0.05) is 56.9 Å². The third-order valence-electron chi connectivity index (χ3n) is 6.83. The molecule has 3 rings (SSSR count). The molecule has 1 saturated heterocycles. The van der Waals surface area contributed by atoms with Crippen LogP contribution < -0.4 is 10.1 Å². The molecule has 0 atom stereocenters. The van der Waals surface area contributed by atoms with Gasteiger partial charge in [0.1, 0.15) is 11.6 Å². The molecule has 1 aliphatic rings. The lowest BCUT2D eigenvalue weighted by atomic mass is 10.1. The van der Waals surface area contributed by atoms with Crippen LogP contribution in [-0.2, 0) is 11.3 Å². The lowest BCUT2D eigenvalue weighted by Crippen LogP contribution is -2.51. The Bertz CT molecular complexity index is 977. The first kappa shape index (κ1) is 28.4. The second-order valence-corrected chi connectivity index (χ2v) is 9.57. The highest BCUT2D eigenvalue weighted by atomic mass is 19.1. The summed E-state index contributed by atoms with van der Waals surface area (Å²) >= 11 is 0. The van der Waals surface area contributed by atoms with Crippen molar-refractivity contribution in [3.8, 4) is 5.75 Å². The number of amides is 3. The summed E-state index contributed by atoms with van der Waals surface area (Å²) in [5, 5.41) is 2.94. The molecule has 2 aromatic rings. The lowest BCUT2D eigenvalue weighted by Gasteiger charge is -2.36. The molecule has 0 bridgehead atoms. The summed E-state index contributed by atoms with van der Waals surface area (Å²) in [4.78, 5) is 31.8. The van der Waals surface area contributed by atoms with E-state index in [0.29, 0.717) is 44.0 Å². The van der Waals surface area contributed by atoms with Crippen LogP contribution in [0.25, 0.3) is 0 Å². The summed E-state index contributed by atoms with van der Waals surface area (Å²) in [7, 11) is 1.58. The Morgan fingerprint density at radius 2 is 1.68 bits per heavy atom. The second kappa shape index (κ2) is 15.2. The number of unbranched alkanes of at least 4 members (excludes halogenated alkanes) is 4. The Kier molecular flexibility index (Phi) is 11.7. The van der Waals surface area contributed by atoms with Gasteiger partial charge in [0.05, 0.1) is 12.8 Å². The summed E-state index contributed by atoms with van der Waals surface area (Å²) in [6.07, 6.45) is 6.07. The van der Waals surface area contributed by atoms with E-state index in [1.54, 1.807) is 24.1 Å². The van der Waals surface area contributed by atoms with Crippen LogP contribution in [0.5, 0.6) is 5.75 Å². The van der Waals surface area contributed by atoms with Gasteiger partial charge in [0, 0.05) is 52.2 Å². The van der Waals surface area contributed by atoms with Crippen LogP contribution in [0.4, 0.5) is 14.9 Å². The molecule has 1 heterocycles. The Morgan fingerprint density at radius 1 is 0.973 bits per heavy atom. The number of rotatable bonds is 13. The largest absolute Gasteiger partial charge is 0.495 e. The third-order valence-corrected chi connectivity index (χ3v) is 6.83. The number of hydrogen-bond donors (Lipinski definition) is 1. The molecule has 0 spiro atoms. The van der Waals surface area contributed by atoms with Gasteiger partial charge in [-0.2, -0.15) is 0 Å². The summed E-state index contributed by atoms with van der Waals surface area (Å²) in [5.41, 5.74) is 1.58. The molecule has 0 aliphatic carbocycles. The number of carbonyl (C=O) groups excluding carboxylic acids is 2. The minimum Gasteiger partial charge on any atom is -0.495 e. The zero-order valence-electron chi connectivity index (χ0n) is 22.3. The maximum atomic E-state index is 13.4. The summed E-state index contributed by atoms with van der Waals surface area (Å²) in [6.45, 7) is 6.74. The maximum Gasteiger partial charge on any atom is 0.322 e. The van der Waals surface area contributed by atoms with Gasteiger partial charge in [0.25, 0.3) is 0 Å². The number of ether oxygens (including phenoxy) is 1. The van der Waals surface area contributed by atoms with E-state index in [0.717, 1.165) is 44.5 Å². The van der Waals surface area contributed by atoms with Crippen LogP contribution >= 0.6 is 0 Å². The van der Waals surface area contributed by atoms with Crippen molar-refractivity contribution in [3.63, 3.8) is 0 Å². The number of anilines is 1. The van der Waals surface area contributed by atoms with E-state index >= 15 is 0 Å². The van der Waals surface area contributed by atoms with E-state index in [-0.39, 0.29) is 17.8 Å². The molecule has 37 heavy (non-hydrogen) atoms. The van der Waals surface area contributed by atoms with Crippen LogP contribution in [0.3, 0.4) is 0 Å². The molecule has 7 nitrogen and oxygen atoms in total. The highest BCUT2D eigenvalue weighted by Crippen LogP contribution is 2.23. The van der Waals surface area contributed by atoms with E-state index < -0.39 is 0 Å². The number of methoxy groups -OCH3 is 1. The van der Waals surface area contributed by atoms with Gasteiger partial charge >= 0.3 is 6.03 Å². The zero-order valence-corrected chi connectivity index (χ0v) is 22.3. The fraction of sp³-hybridized carbons (Fsp3) is 0.517. The molecule has 1 fully saturated rings. The fourth-order valence-corrected chi connectivity index (χ4v) is 4.52. The smallest absolute Gasteiger partial charge is 0.322 e. The third kappa shape index (κ3) is 9.35. The second-order valence-electron chi connectivity index (χ2n) is 9.57. The molecule has 2 aromatic carbocycles. The molecule has 1 aliphatic heterocycles. The number of urea groups is 1. The van der Waals surface area contributed by atoms with Crippen LogP contribution in [0.15, 0.2) is 48.5 Å². The average Bonchev–Trinajstić information content (AvgIpc) is 2.92. The summed E-state index contributed by atoms with van der Waals surface area (Å²) < 4.78 is 18.7. The van der Waals surface area contributed by atoms with Gasteiger partial charge in [-0.25, -0.2) is 9.18 Å². The van der Waals surface area contributed by atoms with Crippen molar-refractivity contribution in [1.82, 2.24) is 14.7 Å². The van der Waals surface area contributed by atoms with E-state index in [9.17, 15) is 14.0 Å². The Labute approximate surface area is 220 Å². The first-order valence-corrected chi connectivity index (χ1v) is 13.4. The van der Waals surface area contributed by atoms with E-state index in [2.05, 4.69) is 17.1 Å². The molecule has 0 saturated carbocycles. The topological polar surface area (TPSA) is 65.1 Å². The number of piperazine rings is 1. The predicted octanol–water partition coefficient (Wildman–Crippen LogP) is 5.37.